The molecule has 1 aliphatic heterocycles. The molecule has 0 saturated carbocycles. The van der Waals surface area contributed by atoms with Crippen LogP contribution in [0.25, 0.3) is 0 Å². The van der Waals surface area contributed by atoms with Crippen LogP contribution < -0.4 is 10.2 Å². The van der Waals surface area contributed by atoms with Gasteiger partial charge in [0, 0.05) is 13.0 Å². The van der Waals surface area contributed by atoms with E-state index in [1.54, 1.807) is 43.3 Å². The van der Waals surface area contributed by atoms with E-state index in [0.717, 1.165) is 0 Å². The van der Waals surface area contributed by atoms with Gasteiger partial charge < -0.3 is 19.4 Å². The second-order valence-electron chi connectivity index (χ2n) is 5.94. The van der Waals surface area contributed by atoms with Crippen LogP contribution in [0.5, 0.6) is 0 Å². The number of furan rings is 1. The first kappa shape index (κ1) is 17.7. The van der Waals surface area contributed by atoms with Crippen molar-refractivity contribution in [3.8, 4) is 0 Å². The first-order valence-corrected chi connectivity index (χ1v) is 8.46. The van der Waals surface area contributed by atoms with Crippen LogP contribution in [0.1, 0.15) is 29.5 Å². The molecular formula is C19H20N2O5. The third kappa shape index (κ3) is 3.77. The van der Waals surface area contributed by atoms with Gasteiger partial charge in [0.2, 0.25) is 11.8 Å². The lowest BCUT2D eigenvalue weighted by Gasteiger charge is -2.19. The summed E-state index contributed by atoms with van der Waals surface area (Å²) in [5.41, 5.74) is 0.789. The summed E-state index contributed by atoms with van der Waals surface area (Å²) in [6.07, 6.45) is 1.63. The summed E-state index contributed by atoms with van der Waals surface area (Å²) < 4.78 is 10.2. The van der Waals surface area contributed by atoms with Crippen molar-refractivity contribution >= 4 is 23.5 Å². The van der Waals surface area contributed by atoms with E-state index >= 15 is 0 Å². The highest BCUT2D eigenvalue weighted by Crippen LogP contribution is 2.28. The van der Waals surface area contributed by atoms with E-state index in [0.29, 0.717) is 17.0 Å². The van der Waals surface area contributed by atoms with Crippen LogP contribution in [0.2, 0.25) is 0 Å². The Morgan fingerprint density at radius 3 is 2.81 bits per heavy atom. The first-order chi connectivity index (χ1) is 12.6. The van der Waals surface area contributed by atoms with Crippen molar-refractivity contribution in [2.24, 2.45) is 5.92 Å². The van der Waals surface area contributed by atoms with Crippen molar-refractivity contribution in [3.05, 3.63) is 54.0 Å². The molecule has 0 spiro atoms. The fraction of sp³-hybridized carbons (Fsp3) is 0.316. The SMILES string of the molecule is CCOC(=O)c1ccccc1N1CC(C(=O)NCc2ccco2)CC1=O. The van der Waals surface area contributed by atoms with E-state index in [1.165, 1.54) is 11.2 Å². The lowest BCUT2D eigenvalue weighted by atomic mass is 10.1. The van der Waals surface area contributed by atoms with Crippen molar-refractivity contribution in [1.29, 1.82) is 0 Å². The third-order valence-electron chi connectivity index (χ3n) is 4.20. The molecule has 3 rings (SSSR count). The van der Waals surface area contributed by atoms with Crippen LogP contribution in [-0.4, -0.2) is 30.9 Å². The highest BCUT2D eigenvalue weighted by Gasteiger charge is 2.36. The van der Waals surface area contributed by atoms with Gasteiger partial charge in [-0.15, -0.1) is 0 Å². The summed E-state index contributed by atoms with van der Waals surface area (Å²) in [4.78, 5) is 38.4. The number of hydrogen-bond acceptors (Lipinski definition) is 5. The number of hydrogen-bond donors (Lipinski definition) is 1. The fourth-order valence-corrected chi connectivity index (χ4v) is 2.94. The molecule has 1 unspecified atom stereocenters. The van der Waals surface area contributed by atoms with E-state index < -0.39 is 11.9 Å². The van der Waals surface area contributed by atoms with Crippen LogP contribution in [0.15, 0.2) is 47.1 Å². The molecule has 1 aromatic carbocycles. The zero-order valence-electron chi connectivity index (χ0n) is 14.4. The van der Waals surface area contributed by atoms with Gasteiger partial charge in [0.05, 0.1) is 36.6 Å². The Morgan fingerprint density at radius 2 is 2.08 bits per heavy atom. The largest absolute Gasteiger partial charge is 0.467 e. The van der Waals surface area contributed by atoms with E-state index in [1.807, 2.05) is 0 Å². The number of carbonyl (C=O) groups is 3. The molecular weight excluding hydrogens is 336 g/mol. The Morgan fingerprint density at radius 1 is 1.27 bits per heavy atom. The van der Waals surface area contributed by atoms with E-state index in [-0.39, 0.29) is 37.9 Å². The molecule has 2 amide bonds. The highest BCUT2D eigenvalue weighted by atomic mass is 16.5. The van der Waals surface area contributed by atoms with Gasteiger partial charge in [-0.05, 0) is 31.2 Å². The first-order valence-electron chi connectivity index (χ1n) is 8.46. The maximum atomic E-state index is 12.4. The minimum atomic E-state index is -0.485. The van der Waals surface area contributed by atoms with E-state index in [2.05, 4.69) is 5.32 Å². The average molecular weight is 356 g/mol. The zero-order valence-corrected chi connectivity index (χ0v) is 14.4. The Bertz CT molecular complexity index is 800. The molecule has 26 heavy (non-hydrogen) atoms. The highest BCUT2D eigenvalue weighted by molar-refractivity contribution is 6.05. The molecule has 7 heteroatoms. The van der Waals surface area contributed by atoms with Crippen molar-refractivity contribution in [2.45, 2.75) is 19.9 Å². The average Bonchev–Trinajstić information content (AvgIpc) is 3.29. The van der Waals surface area contributed by atoms with Gasteiger partial charge >= 0.3 is 5.97 Å². The molecule has 1 atom stereocenters. The van der Waals surface area contributed by atoms with Gasteiger partial charge in [-0.25, -0.2) is 4.79 Å². The number of anilines is 1. The monoisotopic (exact) mass is 356 g/mol. The summed E-state index contributed by atoms with van der Waals surface area (Å²) in [6.45, 7) is 2.47. The Labute approximate surface area is 150 Å². The quantitative estimate of drug-likeness (QED) is 0.801. The van der Waals surface area contributed by atoms with Crippen molar-refractivity contribution in [2.75, 3.05) is 18.1 Å². The predicted molar refractivity (Wildman–Crippen MR) is 93.4 cm³/mol. The summed E-state index contributed by atoms with van der Waals surface area (Å²) in [7, 11) is 0. The number of nitrogens with one attached hydrogen (secondary N) is 1. The number of rotatable bonds is 6. The van der Waals surface area contributed by atoms with Gasteiger partial charge in [-0.1, -0.05) is 12.1 Å². The van der Waals surface area contributed by atoms with Crippen molar-refractivity contribution < 1.29 is 23.5 Å². The normalized spacial score (nSPS) is 16.6. The number of nitrogens with zero attached hydrogens (tertiary/aromatic N) is 1. The lowest BCUT2D eigenvalue weighted by molar-refractivity contribution is -0.126. The van der Waals surface area contributed by atoms with Gasteiger partial charge in [-0.3, -0.25) is 9.59 Å². The standard InChI is InChI=1S/C19H20N2O5/c1-2-25-19(24)15-7-3-4-8-16(15)21-12-13(10-17(21)22)18(23)20-11-14-6-5-9-26-14/h3-9,13H,2,10-12H2,1H3,(H,20,23). The summed E-state index contributed by atoms with van der Waals surface area (Å²) in [5.74, 6) is -0.729. The minimum absolute atomic E-state index is 0.0984. The third-order valence-corrected chi connectivity index (χ3v) is 4.20. The van der Waals surface area contributed by atoms with Crippen LogP contribution in [-0.2, 0) is 20.9 Å². The molecule has 7 nitrogen and oxygen atoms in total. The number of esters is 1. The fourth-order valence-electron chi connectivity index (χ4n) is 2.94. The second-order valence-corrected chi connectivity index (χ2v) is 5.94. The smallest absolute Gasteiger partial charge is 0.340 e. The van der Waals surface area contributed by atoms with Gasteiger partial charge in [0.15, 0.2) is 0 Å². The number of amides is 2. The van der Waals surface area contributed by atoms with E-state index in [4.69, 9.17) is 9.15 Å². The molecule has 1 aliphatic rings. The Kier molecular flexibility index (Phi) is 5.36. The Hall–Kier alpha value is -3.09. The predicted octanol–water partition coefficient (Wildman–Crippen LogP) is 2.13. The summed E-state index contributed by atoms with van der Waals surface area (Å²) >= 11 is 0. The molecule has 136 valence electrons. The molecule has 1 fully saturated rings. The van der Waals surface area contributed by atoms with Crippen molar-refractivity contribution in [1.82, 2.24) is 5.32 Å². The molecule has 1 saturated heterocycles. The number of ether oxygens (including phenoxy) is 1. The maximum absolute atomic E-state index is 12.4. The molecule has 2 heterocycles. The Balaban J connectivity index is 1.70. The van der Waals surface area contributed by atoms with Crippen molar-refractivity contribution in [3.63, 3.8) is 0 Å². The minimum Gasteiger partial charge on any atom is -0.467 e. The molecule has 0 radical (unpaired) electrons. The summed E-state index contributed by atoms with van der Waals surface area (Å²) in [5, 5.41) is 2.77. The molecule has 2 aromatic rings. The van der Waals surface area contributed by atoms with Gasteiger partial charge in [0.25, 0.3) is 0 Å². The number of para-hydroxylation sites is 1. The number of carbonyl (C=O) groups excluding carboxylic acids is 3. The van der Waals surface area contributed by atoms with Gasteiger partial charge in [0.1, 0.15) is 5.76 Å². The number of benzene rings is 1. The van der Waals surface area contributed by atoms with Gasteiger partial charge in [-0.2, -0.15) is 0 Å². The van der Waals surface area contributed by atoms with Crippen LogP contribution in [0, 0.1) is 5.92 Å². The van der Waals surface area contributed by atoms with Crippen LogP contribution in [0.4, 0.5) is 5.69 Å². The zero-order chi connectivity index (χ0) is 18.5. The van der Waals surface area contributed by atoms with Crippen LogP contribution in [0.3, 0.4) is 0 Å². The molecule has 1 aromatic heterocycles. The maximum Gasteiger partial charge on any atom is 0.340 e. The summed E-state index contributed by atoms with van der Waals surface area (Å²) in [6, 6.07) is 10.3. The lowest BCUT2D eigenvalue weighted by Crippen LogP contribution is -2.33. The van der Waals surface area contributed by atoms with Crippen LogP contribution >= 0.6 is 0 Å². The molecule has 0 aliphatic carbocycles. The van der Waals surface area contributed by atoms with E-state index in [9.17, 15) is 14.4 Å². The molecule has 1 N–H and O–H groups in total. The topological polar surface area (TPSA) is 88.8 Å². The second kappa shape index (κ2) is 7.86. The molecule has 0 bridgehead atoms.